The van der Waals surface area contributed by atoms with Gasteiger partial charge in [-0.25, -0.2) is 0 Å². The van der Waals surface area contributed by atoms with Crippen LogP contribution >= 0.6 is 0 Å². The molecule has 1 saturated heterocycles. The highest BCUT2D eigenvalue weighted by atomic mass is 16.5. The van der Waals surface area contributed by atoms with Crippen LogP contribution in [-0.4, -0.2) is 19.1 Å². The molecule has 0 saturated carbocycles. The lowest BCUT2D eigenvalue weighted by atomic mass is 10.1. The summed E-state index contributed by atoms with van der Waals surface area (Å²) in [5, 5.41) is 7.06. The van der Waals surface area contributed by atoms with E-state index in [0.717, 1.165) is 25.4 Å². The summed E-state index contributed by atoms with van der Waals surface area (Å²) >= 11 is 0. The van der Waals surface area contributed by atoms with Crippen molar-refractivity contribution in [1.82, 2.24) is 10.6 Å². The van der Waals surface area contributed by atoms with Crippen LogP contribution in [0.5, 0.6) is 5.75 Å². The van der Waals surface area contributed by atoms with Gasteiger partial charge in [-0.1, -0.05) is 49.7 Å². The van der Waals surface area contributed by atoms with Crippen LogP contribution in [0.1, 0.15) is 49.3 Å². The van der Waals surface area contributed by atoms with Crippen LogP contribution < -0.4 is 15.4 Å². The van der Waals surface area contributed by atoms with E-state index in [4.69, 9.17) is 4.74 Å². The van der Waals surface area contributed by atoms with Gasteiger partial charge in [-0.15, -0.1) is 0 Å². The first kappa shape index (κ1) is 18.9. The Hall–Kier alpha value is -1.84. The van der Waals surface area contributed by atoms with Gasteiger partial charge in [0.2, 0.25) is 0 Å². The fourth-order valence-corrected chi connectivity index (χ4v) is 3.34. The predicted molar refractivity (Wildman–Crippen MR) is 109 cm³/mol. The van der Waals surface area contributed by atoms with Gasteiger partial charge in [0.15, 0.2) is 0 Å². The predicted octanol–water partition coefficient (Wildman–Crippen LogP) is 4.45. The highest BCUT2D eigenvalue weighted by Gasteiger charge is 2.11. The zero-order valence-corrected chi connectivity index (χ0v) is 16.0. The van der Waals surface area contributed by atoms with Crippen LogP contribution in [0.3, 0.4) is 0 Å². The molecule has 1 aliphatic heterocycles. The quantitative estimate of drug-likeness (QED) is 0.699. The summed E-state index contributed by atoms with van der Waals surface area (Å²) in [6.07, 6.45) is 6.12. The van der Waals surface area contributed by atoms with Gasteiger partial charge >= 0.3 is 0 Å². The molecule has 0 atom stereocenters. The minimum atomic E-state index is 0.626. The summed E-state index contributed by atoms with van der Waals surface area (Å²) in [5.74, 6) is 0.936. The number of nitrogens with one attached hydrogen (secondary N) is 2. The molecule has 0 bridgehead atoms. The Labute approximate surface area is 158 Å². The van der Waals surface area contributed by atoms with E-state index >= 15 is 0 Å². The first-order valence-electron chi connectivity index (χ1n) is 10.1. The monoisotopic (exact) mass is 352 g/mol. The molecule has 2 aromatic carbocycles. The Kier molecular flexibility index (Phi) is 7.53. The van der Waals surface area contributed by atoms with E-state index in [2.05, 4.69) is 66.1 Å². The second-order valence-corrected chi connectivity index (χ2v) is 7.26. The third-order valence-corrected chi connectivity index (χ3v) is 5.10. The molecule has 0 radical (unpaired) electrons. The van der Waals surface area contributed by atoms with Gasteiger partial charge in [0.1, 0.15) is 12.4 Å². The van der Waals surface area contributed by atoms with Gasteiger partial charge in [-0.05, 0) is 67.6 Å². The number of hydrogen-bond donors (Lipinski definition) is 2. The van der Waals surface area contributed by atoms with Crippen LogP contribution in [0, 0.1) is 0 Å². The minimum absolute atomic E-state index is 0.626. The largest absolute Gasteiger partial charge is 0.489 e. The SMILES string of the molecule is CCCCc1ccc(COc2ccc(CNC3CCNCC3)cc2)cc1. The van der Waals surface area contributed by atoms with E-state index in [-0.39, 0.29) is 0 Å². The topological polar surface area (TPSA) is 33.3 Å². The Balaban J connectivity index is 1.42. The average molecular weight is 353 g/mol. The summed E-state index contributed by atoms with van der Waals surface area (Å²) < 4.78 is 5.93. The van der Waals surface area contributed by atoms with Gasteiger partial charge in [-0.2, -0.15) is 0 Å². The van der Waals surface area contributed by atoms with Crippen molar-refractivity contribution in [1.29, 1.82) is 0 Å². The molecular weight excluding hydrogens is 320 g/mol. The molecule has 1 fully saturated rings. The molecule has 3 rings (SSSR count). The first-order chi connectivity index (χ1) is 12.8. The number of rotatable bonds is 9. The molecular formula is C23H32N2O. The van der Waals surface area contributed by atoms with E-state index in [1.165, 1.54) is 48.8 Å². The van der Waals surface area contributed by atoms with Gasteiger partial charge in [0, 0.05) is 12.6 Å². The molecule has 2 N–H and O–H groups in total. The first-order valence-corrected chi connectivity index (χ1v) is 10.1. The molecule has 0 unspecified atom stereocenters. The number of benzene rings is 2. The number of aryl methyl sites for hydroxylation is 1. The van der Waals surface area contributed by atoms with Crippen molar-refractivity contribution < 1.29 is 4.74 Å². The molecule has 1 heterocycles. The van der Waals surface area contributed by atoms with E-state index in [1.807, 2.05) is 0 Å². The number of ether oxygens (including phenoxy) is 1. The highest BCUT2D eigenvalue weighted by molar-refractivity contribution is 5.28. The lowest BCUT2D eigenvalue weighted by molar-refractivity contribution is 0.306. The van der Waals surface area contributed by atoms with Gasteiger partial charge in [0.25, 0.3) is 0 Å². The standard InChI is InChI=1S/C23H32N2O/c1-2-3-4-19-5-7-21(8-6-19)18-26-23-11-9-20(10-12-23)17-25-22-13-15-24-16-14-22/h5-12,22,24-25H,2-4,13-18H2,1H3. The molecule has 26 heavy (non-hydrogen) atoms. The van der Waals surface area contributed by atoms with Crippen LogP contribution in [0.4, 0.5) is 0 Å². The maximum absolute atomic E-state index is 5.93. The fraction of sp³-hybridized carbons (Fsp3) is 0.478. The zero-order chi connectivity index (χ0) is 18.0. The zero-order valence-electron chi connectivity index (χ0n) is 16.0. The molecule has 0 aromatic heterocycles. The summed E-state index contributed by atoms with van der Waals surface area (Å²) in [4.78, 5) is 0. The molecule has 3 nitrogen and oxygen atoms in total. The molecule has 1 aliphatic rings. The van der Waals surface area contributed by atoms with Crippen molar-refractivity contribution in [2.75, 3.05) is 13.1 Å². The lowest BCUT2D eigenvalue weighted by Gasteiger charge is -2.23. The number of unbranched alkanes of at least 4 members (excludes halogenated alkanes) is 1. The van der Waals surface area contributed by atoms with Crippen molar-refractivity contribution in [2.24, 2.45) is 0 Å². The third kappa shape index (κ3) is 6.15. The summed E-state index contributed by atoms with van der Waals surface area (Å²) in [5.41, 5.74) is 3.96. The van der Waals surface area contributed by atoms with E-state index in [9.17, 15) is 0 Å². The number of hydrogen-bond acceptors (Lipinski definition) is 3. The Morgan fingerprint density at radius 2 is 1.58 bits per heavy atom. The molecule has 0 spiro atoms. The summed E-state index contributed by atoms with van der Waals surface area (Å²) in [6.45, 7) is 6.05. The Morgan fingerprint density at radius 3 is 2.27 bits per heavy atom. The third-order valence-electron chi connectivity index (χ3n) is 5.10. The molecule has 2 aromatic rings. The second-order valence-electron chi connectivity index (χ2n) is 7.26. The fourth-order valence-electron chi connectivity index (χ4n) is 3.34. The summed E-state index contributed by atoms with van der Waals surface area (Å²) in [7, 11) is 0. The van der Waals surface area contributed by atoms with Crippen LogP contribution in [0.15, 0.2) is 48.5 Å². The Morgan fingerprint density at radius 1 is 0.923 bits per heavy atom. The van der Waals surface area contributed by atoms with Crippen molar-refractivity contribution >= 4 is 0 Å². The maximum atomic E-state index is 5.93. The van der Waals surface area contributed by atoms with Crippen molar-refractivity contribution in [3.05, 3.63) is 65.2 Å². The van der Waals surface area contributed by atoms with Crippen LogP contribution in [0.25, 0.3) is 0 Å². The molecule has 0 amide bonds. The van der Waals surface area contributed by atoms with E-state index < -0.39 is 0 Å². The van der Waals surface area contributed by atoms with Crippen molar-refractivity contribution in [3.8, 4) is 5.75 Å². The average Bonchev–Trinajstić information content (AvgIpc) is 2.71. The van der Waals surface area contributed by atoms with Crippen molar-refractivity contribution in [3.63, 3.8) is 0 Å². The summed E-state index contributed by atoms with van der Waals surface area (Å²) in [6, 6.07) is 17.9. The maximum Gasteiger partial charge on any atom is 0.119 e. The minimum Gasteiger partial charge on any atom is -0.489 e. The van der Waals surface area contributed by atoms with E-state index in [1.54, 1.807) is 0 Å². The van der Waals surface area contributed by atoms with Crippen molar-refractivity contribution in [2.45, 2.75) is 58.2 Å². The van der Waals surface area contributed by atoms with Gasteiger partial charge in [0.05, 0.1) is 0 Å². The van der Waals surface area contributed by atoms with Gasteiger partial charge < -0.3 is 15.4 Å². The molecule has 140 valence electrons. The lowest BCUT2D eigenvalue weighted by Crippen LogP contribution is -2.39. The van der Waals surface area contributed by atoms with Crippen LogP contribution in [0.2, 0.25) is 0 Å². The van der Waals surface area contributed by atoms with Crippen LogP contribution in [-0.2, 0) is 19.6 Å². The second kappa shape index (κ2) is 10.3. The molecule has 3 heteroatoms. The highest BCUT2D eigenvalue weighted by Crippen LogP contribution is 2.16. The van der Waals surface area contributed by atoms with E-state index in [0.29, 0.717) is 12.6 Å². The molecule has 0 aliphatic carbocycles. The smallest absolute Gasteiger partial charge is 0.119 e. The number of piperidine rings is 1. The van der Waals surface area contributed by atoms with Gasteiger partial charge in [-0.3, -0.25) is 0 Å². The Bertz CT molecular complexity index is 630. The normalized spacial score (nSPS) is 15.1.